The van der Waals surface area contributed by atoms with Crippen LogP contribution >= 0.6 is 0 Å². The number of hydrogen-bond donors (Lipinski definition) is 0. The molecule has 0 radical (unpaired) electrons. The number of amides is 1. The monoisotopic (exact) mass is 310 g/mol. The molecule has 6 nitrogen and oxygen atoms in total. The van der Waals surface area contributed by atoms with Crippen LogP contribution < -0.4 is 5.56 Å². The van der Waals surface area contributed by atoms with Crippen LogP contribution in [0.4, 0.5) is 0 Å². The molecule has 3 aromatic rings. The number of carbonyl (C=O) groups excluding carboxylic acids is 1. The highest BCUT2D eigenvalue weighted by molar-refractivity contribution is 5.87. The number of aromatic nitrogens is 3. The van der Waals surface area contributed by atoms with Crippen LogP contribution in [0.15, 0.2) is 35.1 Å². The third kappa shape index (κ3) is 2.21. The average Bonchev–Trinajstić information content (AvgIpc) is 3.19. The van der Waals surface area contributed by atoms with Gasteiger partial charge in [0.2, 0.25) is 5.91 Å². The zero-order chi connectivity index (χ0) is 16.0. The maximum Gasteiger partial charge on any atom is 0.291 e. The summed E-state index contributed by atoms with van der Waals surface area (Å²) < 4.78 is 3.15. The summed E-state index contributed by atoms with van der Waals surface area (Å²) in [5.74, 6) is 0.673. The highest BCUT2D eigenvalue weighted by Crippen LogP contribution is 2.18. The molecule has 1 aliphatic heterocycles. The molecule has 0 unspecified atom stereocenters. The van der Waals surface area contributed by atoms with Crippen LogP contribution in [0.3, 0.4) is 0 Å². The van der Waals surface area contributed by atoms with E-state index in [1.54, 1.807) is 0 Å². The van der Waals surface area contributed by atoms with E-state index in [1.165, 1.54) is 4.68 Å². The lowest BCUT2D eigenvalue weighted by Gasteiger charge is -2.16. The highest BCUT2D eigenvalue weighted by Gasteiger charge is 2.20. The Morgan fingerprint density at radius 2 is 1.91 bits per heavy atom. The van der Waals surface area contributed by atoms with Crippen LogP contribution in [-0.2, 0) is 11.3 Å². The molecule has 6 heteroatoms. The topological polar surface area (TPSA) is 59.6 Å². The van der Waals surface area contributed by atoms with Gasteiger partial charge in [0.05, 0.1) is 5.52 Å². The maximum absolute atomic E-state index is 12.7. The van der Waals surface area contributed by atoms with Gasteiger partial charge in [-0.15, -0.1) is 0 Å². The molecule has 1 saturated heterocycles. The lowest BCUT2D eigenvalue weighted by Crippen LogP contribution is -2.36. The van der Waals surface area contributed by atoms with Crippen LogP contribution in [-0.4, -0.2) is 38.1 Å². The van der Waals surface area contributed by atoms with Gasteiger partial charge in [0.15, 0.2) is 0 Å². The lowest BCUT2D eigenvalue weighted by molar-refractivity contribution is -0.131. The summed E-state index contributed by atoms with van der Waals surface area (Å²) >= 11 is 0. The van der Waals surface area contributed by atoms with Crippen molar-refractivity contribution < 1.29 is 4.79 Å². The Kier molecular flexibility index (Phi) is 3.18. The van der Waals surface area contributed by atoms with Crippen LogP contribution in [0, 0.1) is 6.92 Å². The summed E-state index contributed by atoms with van der Waals surface area (Å²) in [6, 6.07) is 9.69. The highest BCUT2D eigenvalue weighted by atomic mass is 16.2. The Hall–Kier alpha value is -2.63. The molecule has 23 heavy (non-hydrogen) atoms. The van der Waals surface area contributed by atoms with Gasteiger partial charge in [0, 0.05) is 18.5 Å². The molecule has 0 bridgehead atoms. The van der Waals surface area contributed by atoms with Crippen molar-refractivity contribution in [2.75, 3.05) is 13.1 Å². The second-order valence-corrected chi connectivity index (χ2v) is 6.02. The van der Waals surface area contributed by atoms with E-state index >= 15 is 0 Å². The second-order valence-electron chi connectivity index (χ2n) is 6.02. The molecule has 3 heterocycles. The van der Waals surface area contributed by atoms with Gasteiger partial charge in [-0.1, -0.05) is 18.2 Å². The van der Waals surface area contributed by atoms with E-state index in [9.17, 15) is 9.59 Å². The van der Waals surface area contributed by atoms with Gasteiger partial charge in [-0.2, -0.15) is 5.10 Å². The Morgan fingerprint density at radius 3 is 2.70 bits per heavy atom. The first kappa shape index (κ1) is 14.0. The number of nitrogens with zero attached hydrogens (tertiary/aromatic N) is 4. The summed E-state index contributed by atoms with van der Waals surface area (Å²) in [5, 5.41) is 5.35. The van der Waals surface area contributed by atoms with Gasteiger partial charge >= 0.3 is 0 Å². The second kappa shape index (κ2) is 5.22. The van der Waals surface area contributed by atoms with E-state index in [0.717, 1.165) is 36.8 Å². The maximum atomic E-state index is 12.7. The molecule has 0 N–H and O–H groups in total. The molecule has 1 aliphatic rings. The predicted molar refractivity (Wildman–Crippen MR) is 87.5 cm³/mol. The Bertz CT molecular complexity index is 964. The van der Waals surface area contributed by atoms with Crippen molar-refractivity contribution in [1.29, 1.82) is 0 Å². The summed E-state index contributed by atoms with van der Waals surface area (Å²) in [5.41, 5.74) is 1.30. The molecule has 118 valence electrons. The Balaban J connectivity index is 1.82. The molecule has 1 aromatic carbocycles. The molecule has 4 rings (SSSR count). The van der Waals surface area contributed by atoms with E-state index in [4.69, 9.17) is 0 Å². The fourth-order valence-corrected chi connectivity index (χ4v) is 3.36. The number of benzene rings is 1. The van der Waals surface area contributed by atoms with Crippen LogP contribution in [0.2, 0.25) is 0 Å². The third-order valence-electron chi connectivity index (χ3n) is 4.50. The smallest absolute Gasteiger partial charge is 0.291 e. The van der Waals surface area contributed by atoms with Crippen LogP contribution in [0.25, 0.3) is 16.4 Å². The first-order valence-electron chi connectivity index (χ1n) is 7.91. The zero-order valence-electron chi connectivity index (χ0n) is 13.0. The quantitative estimate of drug-likeness (QED) is 0.722. The van der Waals surface area contributed by atoms with E-state index in [0.29, 0.717) is 11.3 Å². The summed E-state index contributed by atoms with van der Waals surface area (Å²) in [7, 11) is 0. The number of fused-ring (bicyclic) bond motifs is 3. The number of likely N-dealkylation sites (tertiary alicyclic amines) is 1. The number of aryl methyl sites for hydroxylation is 1. The largest absolute Gasteiger partial charge is 0.341 e. The number of rotatable bonds is 2. The molecule has 0 saturated carbocycles. The SMILES string of the molecule is Cc1nn(CC(=O)N2CCCC2)c(=O)c2cc3ccccc3n12. The summed E-state index contributed by atoms with van der Waals surface area (Å²) in [4.78, 5) is 26.8. The number of carbonyl (C=O) groups is 1. The molecular formula is C17H18N4O2. The Labute approximate surface area is 132 Å². The van der Waals surface area contributed by atoms with Crippen molar-refractivity contribution >= 4 is 22.3 Å². The van der Waals surface area contributed by atoms with Crippen molar-refractivity contribution in [3.63, 3.8) is 0 Å². The number of hydrogen-bond acceptors (Lipinski definition) is 3. The van der Waals surface area contributed by atoms with E-state index in [2.05, 4.69) is 5.10 Å². The molecule has 2 aromatic heterocycles. The van der Waals surface area contributed by atoms with Crippen molar-refractivity contribution in [1.82, 2.24) is 19.1 Å². The van der Waals surface area contributed by atoms with Gasteiger partial charge in [0.25, 0.3) is 5.56 Å². The van der Waals surface area contributed by atoms with Gasteiger partial charge in [-0.05, 0) is 31.9 Å². The fraction of sp³-hybridized carbons (Fsp3) is 0.353. The lowest BCUT2D eigenvalue weighted by atomic mass is 10.2. The van der Waals surface area contributed by atoms with Crippen molar-refractivity contribution in [2.24, 2.45) is 0 Å². The normalized spacial score (nSPS) is 14.9. The van der Waals surface area contributed by atoms with Crippen molar-refractivity contribution in [2.45, 2.75) is 26.3 Å². The van der Waals surface area contributed by atoms with Crippen molar-refractivity contribution in [3.8, 4) is 0 Å². The van der Waals surface area contributed by atoms with Gasteiger partial charge in [-0.3, -0.25) is 14.0 Å². The third-order valence-corrected chi connectivity index (χ3v) is 4.50. The summed E-state index contributed by atoms with van der Waals surface area (Å²) in [6.07, 6.45) is 2.08. The van der Waals surface area contributed by atoms with Gasteiger partial charge < -0.3 is 4.90 Å². The molecule has 0 aliphatic carbocycles. The van der Waals surface area contributed by atoms with E-state index in [-0.39, 0.29) is 18.0 Å². The Morgan fingerprint density at radius 1 is 1.17 bits per heavy atom. The van der Waals surface area contributed by atoms with E-state index < -0.39 is 0 Å². The van der Waals surface area contributed by atoms with Gasteiger partial charge in [0.1, 0.15) is 17.9 Å². The van der Waals surface area contributed by atoms with E-state index in [1.807, 2.05) is 46.6 Å². The first-order valence-corrected chi connectivity index (χ1v) is 7.91. The van der Waals surface area contributed by atoms with Crippen molar-refractivity contribution in [3.05, 3.63) is 46.5 Å². The van der Waals surface area contributed by atoms with Crippen LogP contribution in [0.5, 0.6) is 0 Å². The molecule has 0 spiro atoms. The predicted octanol–water partition coefficient (Wildman–Crippen LogP) is 1.58. The standard InChI is InChI=1S/C17H18N4O2/c1-12-18-20(11-16(22)19-8-4-5-9-19)17(23)15-10-13-6-2-3-7-14(13)21(12)15/h2-3,6-7,10H,4-5,8-9,11H2,1H3. The minimum absolute atomic E-state index is 0.0116. The fourth-order valence-electron chi connectivity index (χ4n) is 3.36. The first-order chi connectivity index (χ1) is 11.1. The zero-order valence-corrected chi connectivity index (χ0v) is 13.0. The number of para-hydroxylation sites is 1. The minimum Gasteiger partial charge on any atom is -0.341 e. The molecular weight excluding hydrogens is 292 g/mol. The van der Waals surface area contributed by atoms with Crippen LogP contribution in [0.1, 0.15) is 18.7 Å². The molecule has 0 atom stereocenters. The minimum atomic E-state index is -0.223. The molecule has 1 fully saturated rings. The van der Waals surface area contributed by atoms with Gasteiger partial charge in [-0.25, -0.2) is 4.68 Å². The summed E-state index contributed by atoms with van der Waals surface area (Å²) in [6.45, 7) is 3.43. The molecule has 1 amide bonds. The average molecular weight is 310 g/mol.